The van der Waals surface area contributed by atoms with Gasteiger partial charge in [0.05, 0.1) is 11.7 Å². The Morgan fingerprint density at radius 3 is 2.41 bits per heavy atom. The minimum Gasteiger partial charge on any atom is -0.482 e. The molecule has 0 saturated heterocycles. The van der Waals surface area contributed by atoms with E-state index >= 15 is 0 Å². The van der Waals surface area contributed by atoms with Crippen molar-refractivity contribution in [3.05, 3.63) is 88.5 Å². The van der Waals surface area contributed by atoms with E-state index in [2.05, 4.69) is 38.3 Å². The summed E-state index contributed by atoms with van der Waals surface area (Å²) in [5.74, 6) is -0.113. The number of hydrogen-bond acceptors (Lipinski definition) is 10. The number of nitrogens with two attached hydrogens (primary N) is 3. The molecular weight excluding hydrogens is 686 g/mol. The van der Waals surface area contributed by atoms with Gasteiger partial charge in [-0.05, 0) is 111 Å². The molecule has 14 nitrogen and oxygen atoms in total. The summed E-state index contributed by atoms with van der Waals surface area (Å²) in [6.45, 7) is 4.35. The Bertz CT molecular complexity index is 1800. The number of anilines is 2. The fourth-order valence-corrected chi connectivity index (χ4v) is 6.87. The minimum atomic E-state index is -0.558. The number of nitrogens with zero attached hydrogens (tertiary/aromatic N) is 2. The number of fused-ring (bicyclic) bond motifs is 2. The van der Waals surface area contributed by atoms with Crippen LogP contribution in [0.4, 0.5) is 11.4 Å². The smallest absolute Gasteiger partial charge is 0.262 e. The first-order chi connectivity index (χ1) is 26.1. The molecule has 1 saturated carbocycles. The van der Waals surface area contributed by atoms with Crippen LogP contribution in [0.3, 0.4) is 0 Å². The number of rotatable bonds is 19. The molecule has 1 aliphatic carbocycles. The van der Waals surface area contributed by atoms with Gasteiger partial charge in [0.2, 0.25) is 5.91 Å². The van der Waals surface area contributed by atoms with Crippen molar-refractivity contribution in [2.75, 3.05) is 36.9 Å². The highest BCUT2D eigenvalue weighted by atomic mass is 16.5. The molecule has 54 heavy (non-hydrogen) atoms. The maximum Gasteiger partial charge on any atom is 0.262 e. The fraction of sp³-hybridized carbons (Fsp3) is 0.450. The van der Waals surface area contributed by atoms with Crippen LogP contribution >= 0.6 is 0 Å². The second-order valence-corrected chi connectivity index (χ2v) is 14.5. The van der Waals surface area contributed by atoms with Crippen LogP contribution < -0.4 is 43.2 Å². The molecule has 0 aromatic heterocycles. The van der Waals surface area contributed by atoms with E-state index in [0.717, 1.165) is 75.8 Å². The van der Waals surface area contributed by atoms with Crippen LogP contribution in [0, 0.1) is 0 Å². The second kappa shape index (κ2) is 18.5. The standard InChI is InChI=1S/C40H53N9O5/c41-33(6-5-18-45-40(42)43)38(52)44-17-3-1-2-4-19-48-23-29-11-13-31(20-30(29)24-48)46-37(51)27-9-7-26(8-10-27)22-49(32-14-15-32)39(53)28-12-16-34-35(21-28)54-25-36(50)47-34/h7-13,16,20-21,32-33,40,45H,1-6,14-15,17-19,22-25,41-43H2,(H,44,52)(H,46,51)(H,47,50)/t33-/m0/s1. The topological polar surface area (TPSA) is 210 Å². The van der Waals surface area contributed by atoms with E-state index in [4.69, 9.17) is 21.9 Å². The number of unbranched alkanes of at least 4 members (excludes halogenated alkanes) is 3. The third-order valence-corrected chi connectivity index (χ3v) is 10.0. The first-order valence-electron chi connectivity index (χ1n) is 19.0. The summed E-state index contributed by atoms with van der Waals surface area (Å²) in [5, 5.41) is 11.7. The maximum absolute atomic E-state index is 13.5. The van der Waals surface area contributed by atoms with Crippen LogP contribution in [0.5, 0.6) is 5.75 Å². The summed E-state index contributed by atoms with van der Waals surface area (Å²) in [6.07, 6.45) is 6.78. The maximum atomic E-state index is 13.5. The number of hydrogen-bond donors (Lipinski definition) is 7. The van der Waals surface area contributed by atoms with Crippen molar-refractivity contribution < 1.29 is 23.9 Å². The summed E-state index contributed by atoms with van der Waals surface area (Å²) < 4.78 is 5.52. The average molecular weight is 740 g/mol. The number of nitrogens with one attached hydrogen (secondary N) is 4. The molecular formula is C40H53N9O5. The zero-order valence-corrected chi connectivity index (χ0v) is 30.8. The average Bonchev–Trinajstić information content (AvgIpc) is 3.93. The molecule has 3 aromatic rings. The van der Waals surface area contributed by atoms with Gasteiger partial charge in [-0.2, -0.15) is 0 Å². The Labute approximate surface area is 316 Å². The lowest BCUT2D eigenvalue weighted by Gasteiger charge is -2.24. The number of amides is 4. The van der Waals surface area contributed by atoms with Gasteiger partial charge < -0.3 is 42.8 Å². The second-order valence-electron chi connectivity index (χ2n) is 14.5. The van der Waals surface area contributed by atoms with E-state index in [9.17, 15) is 19.2 Å². The van der Waals surface area contributed by atoms with Crippen molar-refractivity contribution in [2.45, 2.75) is 89.4 Å². The molecule has 3 aromatic carbocycles. The predicted octanol–water partition coefficient (Wildman–Crippen LogP) is 2.96. The lowest BCUT2D eigenvalue weighted by atomic mass is 10.1. The van der Waals surface area contributed by atoms with Crippen LogP contribution in [0.25, 0.3) is 0 Å². The van der Waals surface area contributed by atoms with Gasteiger partial charge in [-0.3, -0.25) is 29.4 Å². The molecule has 3 aliphatic rings. The first kappa shape index (κ1) is 38.9. The van der Waals surface area contributed by atoms with Gasteiger partial charge in [0, 0.05) is 49.0 Å². The lowest BCUT2D eigenvalue weighted by molar-refractivity contribution is -0.122. The van der Waals surface area contributed by atoms with Gasteiger partial charge >= 0.3 is 0 Å². The highest BCUT2D eigenvalue weighted by Gasteiger charge is 2.33. The first-order valence-corrected chi connectivity index (χ1v) is 19.0. The van der Waals surface area contributed by atoms with Crippen LogP contribution in [0.1, 0.15) is 88.8 Å². The van der Waals surface area contributed by atoms with E-state index in [-0.39, 0.29) is 36.3 Å². The SMILES string of the molecule is NC(N)NCCC[C@H](N)C(=O)NCCCCCCN1Cc2ccc(NC(=O)c3ccc(CN(C(=O)c4ccc5c(c4)OCC(=O)N5)C4CC4)cc3)cc2C1. The van der Waals surface area contributed by atoms with Crippen LogP contribution in [-0.4, -0.2) is 78.0 Å². The number of benzene rings is 3. The van der Waals surface area contributed by atoms with Crippen LogP contribution in [0.15, 0.2) is 60.7 Å². The Kier molecular flexibility index (Phi) is 13.3. The van der Waals surface area contributed by atoms with Gasteiger partial charge in [0.1, 0.15) is 12.0 Å². The van der Waals surface area contributed by atoms with Gasteiger partial charge in [-0.25, -0.2) is 0 Å². The van der Waals surface area contributed by atoms with Gasteiger partial charge in [-0.15, -0.1) is 0 Å². The van der Waals surface area contributed by atoms with E-state index in [1.54, 1.807) is 30.3 Å². The normalized spacial score (nSPS) is 15.5. The lowest BCUT2D eigenvalue weighted by Crippen LogP contribution is -2.46. The van der Waals surface area contributed by atoms with E-state index in [1.807, 2.05) is 23.1 Å². The Morgan fingerprint density at radius 1 is 0.870 bits per heavy atom. The molecule has 2 heterocycles. The Balaban J connectivity index is 0.899. The molecule has 0 bridgehead atoms. The summed E-state index contributed by atoms with van der Waals surface area (Å²) in [7, 11) is 0. The molecule has 288 valence electrons. The van der Waals surface area contributed by atoms with Crippen molar-refractivity contribution in [3.63, 3.8) is 0 Å². The van der Waals surface area contributed by atoms with Crippen molar-refractivity contribution in [3.8, 4) is 5.75 Å². The fourth-order valence-electron chi connectivity index (χ4n) is 6.87. The molecule has 1 fully saturated rings. The zero-order valence-electron chi connectivity index (χ0n) is 30.8. The summed E-state index contributed by atoms with van der Waals surface area (Å²) in [6, 6.07) is 18.3. The molecule has 0 radical (unpaired) electrons. The number of carbonyl (C=O) groups excluding carboxylic acids is 4. The van der Waals surface area contributed by atoms with E-state index in [1.165, 1.54) is 11.1 Å². The van der Waals surface area contributed by atoms with Crippen molar-refractivity contribution >= 4 is 35.0 Å². The molecule has 2 aliphatic heterocycles. The van der Waals surface area contributed by atoms with Gasteiger partial charge in [0.15, 0.2) is 6.61 Å². The monoisotopic (exact) mass is 739 g/mol. The van der Waals surface area contributed by atoms with Crippen LogP contribution in [-0.2, 0) is 29.2 Å². The number of carbonyl (C=O) groups is 4. The summed E-state index contributed by atoms with van der Waals surface area (Å²) in [4.78, 5) is 54.8. The van der Waals surface area contributed by atoms with Crippen LogP contribution in [0.2, 0.25) is 0 Å². The molecule has 6 rings (SSSR count). The predicted molar refractivity (Wildman–Crippen MR) is 207 cm³/mol. The van der Waals surface area contributed by atoms with Crippen molar-refractivity contribution in [1.29, 1.82) is 0 Å². The third-order valence-electron chi connectivity index (χ3n) is 10.0. The van der Waals surface area contributed by atoms with Gasteiger partial charge in [0.25, 0.3) is 17.7 Å². The highest BCUT2D eigenvalue weighted by Crippen LogP contribution is 2.33. The minimum absolute atomic E-state index is 0.0702. The highest BCUT2D eigenvalue weighted by molar-refractivity contribution is 6.04. The molecule has 0 unspecified atom stereocenters. The number of ether oxygens (including phenoxy) is 1. The molecule has 14 heteroatoms. The molecule has 10 N–H and O–H groups in total. The van der Waals surface area contributed by atoms with E-state index < -0.39 is 12.3 Å². The summed E-state index contributed by atoms with van der Waals surface area (Å²) in [5.41, 5.74) is 22.7. The third kappa shape index (κ3) is 10.9. The quantitative estimate of drug-likeness (QED) is 0.0706. The molecule has 4 amide bonds. The Hall–Kier alpha value is -4.86. The van der Waals surface area contributed by atoms with Gasteiger partial charge in [-0.1, -0.05) is 31.0 Å². The van der Waals surface area contributed by atoms with Crippen molar-refractivity contribution in [1.82, 2.24) is 20.4 Å². The molecule has 1 atom stereocenters. The molecule has 0 spiro atoms. The zero-order chi connectivity index (χ0) is 38.0. The van der Waals surface area contributed by atoms with Crippen molar-refractivity contribution in [2.24, 2.45) is 17.2 Å². The largest absolute Gasteiger partial charge is 0.482 e. The summed E-state index contributed by atoms with van der Waals surface area (Å²) >= 11 is 0. The van der Waals surface area contributed by atoms with E-state index in [0.29, 0.717) is 48.6 Å². The Morgan fingerprint density at radius 2 is 1.63 bits per heavy atom.